The fourth-order valence-corrected chi connectivity index (χ4v) is 1.48. The van der Waals surface area contributed by atoms with E-state index in [9.17, 15) is 4.79 Å². The Kier molecular flexibility index (Phi) is 5.32. The van der Waals surface area contributed by atoms with Gasteiger partial charge in [-0.3, -0.25) is 4.79 Å². The Labute approximate surface area is 104 Å². The molecule has 1 aromatic rings. The minimum absolute atomic E-state index is 0.0924. The molecule has 1 aromatic carbocycles. The summed E-state index contributed by atoms with van der Waals surface area (Å²) in [5.74, 6) is 0.926. The molecule has 16 heavy (non-hydrogen) atoms. The molecule has 0 radical (unpaired) electrons. The zero-order valence-electron chi connectivity index (χ0n) is 9.50. The van der Waals surface area contributed by atoms with Gasteiger partial charge in [-0.1, -0.05) is 35.0 Å². The fourth-order valence-electron chi connectivity index (χ4n) is 1.25. The normalized spacial score (nSPS) is 11.9. The summed E-state index contributed by atoms with van der Waals surface area (Å²) >= 11 is 3.37. The van der Waals surface area contributed by atoms with Gasteiger partial charge in [0, 0.05) is 11.9 Å². The summed E-state index contributed by atoms with van der Waals surface area (Å²) in [6.07, 6.45) is 0. The van der Waals surface area contributed by atoms with E-state index < -0.39 is 0 Å². The van der Waals surface area contributed by atoms with Gasteiger partial charge in [-0.25, -0.2) is 0 Å². The van der Waals surface area contributed by atoms with Crippen LogP contribution in [0.1, 0.15) is 17.3 Å². The summed E-state index contributed by atoms with van der Waals surface area (Å²) < 4.78 is 5.13. The van der Waals surface area contributed by atoms with Crippen molar-refractivity contribution in [3.05, 3.63) is 29.8 Å². The smallest absolute Gasteiger partial charge is 0.255 e. The minimum Gasteiger partial charge on any atom is -0.496 e. The van der Waals surface area contributed by atoms with Crippen LogP contribution in [0.15, 0.2) is 24.3 Å². The zero-order valence-corrected chi connectivity index (χ0v) is 11.1. The highest BCUT2D eigenvalue weighted by Crippen LogP contribution is 2.16. The van der Waals surface area contributed by atoms with Crippen molar-refractivity contribution in [1.82, 2.24) is 5.32 Å². The van der Waals surface area contributed by atoms with Crippen molar-refractivity contribution < 1.29 is 9.53 Å². The predicted molar refractivity (Wildman–Crippen MR) is 68.3 cm³/mol. The Balaban J connectivity index is 2.65. The van der Waals surface area contributed by atoms with Gasteiger partial charge in [-0.05, 0) is 18.1 Å². The van der Waals surface area contributed by atoms with Crippen LogP contribution in [0.2, 0.25) is 0 Å². The molecular formula is C12H16BrNO2. The van der Waals surface area contributed by atoms with Crippen molar-refractivity contribution in [1.29, 1.82) is 0 Å². The van der Waals surface area contributed by atoms with Crippen LogP contribution in [0.5, 0.6) is 5.75 Å². The molecule has 1 atom stereocenters. The van der Waals surface area contributed by atoms with Crippen molar-refractivity contribution in [2.75, 3.05) is 19.0 Å². The van der Waals surface area contributed by atoms with E-state index in [4.69, 9.17) is 4.74 Å². The highest BCUT2D eigenvalue weighted by Gasteiger charge is 2.11. The third kappa shape index (κ3) is 3.52. The molecule has 0 aliphatic carbocycles. The number of hydrogen-bond acceptors (Lipinski definition) is 2. The lowest BCUT2D eigenvalue weighted by molar-refractivity contribution is 0.0946. The Bertz CT molecular complexity index is 355. The zero-order chi connectivity index (χ0) is 12.0. The number of hydrogen-bond donors (Lipinski definition) is 1. The van der Waals surface area contributed by atoms with E-state index in [-0.39, 0.29) is 5.91 Å². The quantitative estimate of drug-likeness (QED) is 0.844. The number of methoxy groups -OCH3 is 1. The van der Waals surface area contributed by atoms with Gasteiger partial charge >= 0.3 is 0 Å². The van der Waals surface area contributed by atoms with Crippen LogP contribution in [0.25, 0.3) is 0 Å². The molecule has 0 aromatic heterocycles. The average Bonchev–Trinajstić information content (AvgIpc) is 2.35. The lowest BCUT2D eigenvalue weighted by Crippen LogP contribution is -2.29. The molecule has 3 nitrogen and oxygen atoms in total. The van der Waals surface area contributed by atoms with Crippen LogP contribution in [-0.4, -0.2) is 24.9 Å². The van der Waals surface area contributed by atoms with Crippen molar-refractivity contribution in [2.24, 2.45) is 5.92 Å². The second-order valence-corrected chi connectivity index (χ2v) is 4.32. The molecular weight excluding hydrogens is 270 g/mol. The standard InChI is InChI=1S/C12H16BrNO2/c1-9(7-13)8-14-12(15)10-5-3-4-6-11(10)16-2/h3-6,9H,7-8H2,1-2H3,(H,14,15). The van der Waals surface area contributed by atoms with E-state index in [0.29, 0.717) is 23.8 Å². The predicted octanol–water partition coefficient (Wildman–Crippen LogP) is 2.46. The Morgan fingerprint density at radius 2 is 2.19 bits per heavy atom. The number of rotatable bonds is 5. The van der Waals surface area contributed by atoms with Gasteiger partial charge in [0.1, 0.15) is 5.75 Å². The summed E-state index contributed by atoms with van der Waals surface area (Å²) in [6, 6.07) is 7.21. The number of para-hydroxylation sites is 1. The number of halogens is 1. The number of carbonyl (C=O) groups excluding carboxylic acids is 1. The van der Waals surface area contributed by atoms with Crippen LogP contribution in [0, 0.1) is 5.92 Å². The Hall–Kier alpha value is -1.03. The third-order valence-electron chi connectivity index (χ3n) is 2.23. The molecule has 1 N–H and O–H groups in total. The molecule has 0 fully saturated rings. The summed E-state index contributed by atoms with van der Waals surface area (Å²) in [5, 5.41) is 3.75. The first kappa shape index (κ1) is 13.0. The molecule has 0 bridgehead atoms. The van der Waals surface area contributed by atoms with Crippen LogP contribution < -0.4 is 10.1 Å². The second-order valence-electron chi connectivity index (χ2n) is 3.67. The summed E-state index contributed by atoms with van der Waals surface area (Å²) in [7, 11) is 1.56. The molecule has 1 amide bonds. The number of amides is 1. The van der Waals surface area contributed by atoms with Crippen LogP contribution in [-0.2, 0) is 0 Å². The average molecular weight is 286 g/mol. The first-order valence-electron chi connectivity index (χ1n) is 5.16. The molecule has 0 spiro atoms. The molecule has 0 saturated carbocycles. The second kappa shape index (κ2) is 6.53. The maximum absolute atomic E-state index is 11.8. The monoisotopic (exact) mass is 285 g/mol. The number of nitrogens with one attached hydrogen (secondary N) is 1. The molecule has 88 valence electrons. The fraction of sp³-hybridized carbons (Fsp3) is 0.417. The number of ether oxygens (including phenoxy) is 1. The molecule has 0 aliphatic heterocycles. The molecule has 0 heterocycles. The Morgan fingerprint density at radius 1 is 1.50 bits per heavy atom. The van der Waals surface area contributed by atoms with Gasteiger partial charge in [-0.2, -0.15) is 0 Å². The van der Waals surface area contributed by atoms with E-state index in [1.165, 1.54) is 0 Å². The lowest BCUT2D eigenvalue weighted by Gasteiger charge is -2.11. The van der Waals surface area contributed by atoms with Gasteiger partial charge in [-0.15, -0.1) is 0 Å². The Morgan fingerprint density at radius 3 is 2.81 bits per heavy atom. The lowest BCUT2D eigenvalue weighted by atomic mass is 10.1. The summed E-state index contributed by atoms with van der Waals surface area (Å²) in [4.78, 5) is 11.8. The van der Waals surface area contributed by atoms with Gasteiger partial charge in [0.2, 0.25) is 0 Å². The van der Waals surface area contributed by atoms with Gasteiger partial charge in [0.05, 0.1) is 12.7 Å². The number of carbonyl (C=O) groups is 1. The van der Waals surface area contributed by atoms with Crippen molar-refractivity contribution in [3.63, 3.8) is 0 Å². The SMILES string of the molecule is COc1ccccc1C(=O)NCC(C)CBr. The highest BCUT2D eigenvalue weighted by atomic mass is 79.9. The van der Waals surface area contributed by atoms with E-state index >= 15 is 0 Å². The molecule has 4 heteroatoms. The maximum Gasteiger partial charge on any atom is 0.255 e. The van der Waals surface area contributed by atoms with E-state index in [2.05, 4.69) is 28.2 Å². The first-order valence-corrected chi connectivity index (χ1v) is 6.28. The van der Waals surface area contributed by atoms with E-state index in [1.54, 1.807) is 19.2 Å². The van der Waals surface area contributed by atoms with Crippen molar-refractivity contribution in [2.45, 2.75) is 6.92 Å². The van der Waals surface area contributed by atoms with Crippen LogP contribution >= 0.6 is 15.9 Å². The molecule has 0 aliphatic rings. The van der Waals surface area contributed by atoms with Crippen molar-refractivity contribution in [3.8, 4) is 5.75 Å². The maximum atomic E-state index is 11.8. The molecule has 1 unspecified atom stereocenters. The largest absolute Gasteiger partial charge is 0.496 e. The first-order chi connectivity index (χ1) is 7.69. The number of benzene rings is 1. The van der Waals surface area contributed by atoms with Crippen LogP contribution in [0.3, 0.4) is 0 Å². The number of alkyl halides is 1. The topological polar surface area (TPSA) is 38.3 Å². The molecule has 0 saturated heterocycles. The van der Waals surface area contributed by atoms with E-state index in [1.807, 2.05) is 12.1 Å². The van der Waals surface area contributed by atoms with Crippen molar-refractivity contribution >= 4 is 21.8 Å². The van der Waals surface area contributed by atoms with Gasteiger partial charge < -0.3 is 10.1 Å². The highest BCUT2D eigenvalue weighted by molar-refractivity contribution is 9.09. The van der Waals surface area contributed by atoms with E-state index in [0.717, 1.165) is 5.33 Å². The minimum atomic E-state index is -0.0924. The van der Waals surface area contributed by atoms with Gasteiger partial charge in [0.15, 0.2) is 0 Å². The summed E-state index contributed by atoms with van der Waals surface area (Å²) in [5.41, 5.74) is 0.576. The van der Waals surface area contributed by atoms with Gasteiger partial charge in [0.25, 0.3) is 5.91 Å². The summed E-state index contributed by atoms with van der Waals surface area (Å²) in [6.45, 7) is 2.72. The van der Waals surface area contributed by atoms with Crippen LogP contribution in [0.4, 0.5) is 0 Å². The third-order valence-corrected chi connectivity index (χ3v) is 3.33. The molecule has 1 rings (SSSR count).